The number of rotatable bonds is 3. The van der Waals surface area contributed by atoms with Crippen LogP contribution < -0.4 is 5.32 Å². The number of hydrogen-bond donors (Lipinski definition) is 1. The van der Waals surface area contributed by atoms with E-state index in [-0.39, 0.29) is 11.0 Å². The van der Waals surface area contributed by atoms with Crippen molar-refractivity contribution in [3.8, 4) is 0 Å². The summed E-state index contributed by atoms with van der Waals surface area (Å²) >= 11 is 0. The monoisotopic (exact) mass is 275 g/mol. The molecule has 1 saturated heterocycles. The highest BCUT2D eigenvalue weighted by Crippen LogP contribution is 2.30. The van der Waals surface area contributed by atoms with E-state index in [0.717, 1.165) is 25.9 Å². The second kappa shape index (κ2) is 5.77. The van der Waals surface area contributed by atoms with Gasteiger partial charge in [-0.05, 0) is 49.3 Å². The zero-order valence-electron chi connectivity index (χ0n) is 13.6. The fourth-order valence-corrected chi connectivity index (χ4v) is 2.80. The molecule has 0 radical (unpaired) electrons. The van der Waals surface area contributed by atoms with Gasteiger partial charge >= 0.3 is 0 Å². The van der Waals surface area contributed by atoms with Gasteiger partial charge in [0.2, 0.25) is 0 Å². The Morgan fingerprint density at radius 2 is 1.90 bits per heavy atom. The van der Waals surface area contributed by atoms with Gasteiger partial charge in [0.1, 0.15) is 0 Å². The minimum absolute atomic E-state index is 0.0429. The molecule has 2 nitrogen and oxygen atoms in total. The van der Waals surface area contributed by atoms with Crippen molar-refractivity contribution in [3.05, 3.63) is 29.8 Å². The van der Waals surface area contributed by atoms with Gasteiger partial charge in [-0.1, -0.05) is 39.8 Å². The number of nitrogens with one attached hydrogen (secondary N) is 1. The highest BCUT2D eigenvalue weighted by atomic mass is 16.5. The normalized spacial score (nSPS) is 27.4. The lowest BCUT2D eigenvalue weighted by Crippen LogP contribution is -2.41. The van der Waals surface area contributed by atoms with Gasteiger partial charge in [0.25, 0.3) is 0 Å². The van der Waals surface area contributed by atoms with Crippen molar-refractivity contribution in [2.45, 2.75) is 70.9 Å². The molecule has 2 atom stereocenters. The summed E-state index contributed by atoms with van der Waals surface area (Å²) in [4.78, 5) is 0. The Morgan fingerprint density at radius 1 is 1.25 bits per heavy atom. The van der Waals surface area contributed by atoms with Crippen molar-refractivity contribution in [1.82, 2.24) is 0 Å². The Kier molecular flexibility index (Phi) is 4.43. The van der Waals surface area contributed by atoms with Crippen LogP contribution in [-0.2, 0) is 10.2 Å². The van der Waals surface area contributed by atoms with Gasteiger partial charge in [0.05, 0.1) is 5.60 Å². The van der Waals surface area contributed by atoms with Crippen LogP contribution in [-0.4, -0.2) is 18.2 Å². The quantitative estimate of drug-likeness (QED) is 0.860. The van der Waals surface area contributed by atoms with Crippen molar-refractivity contribution < 1.29 is 4.74 Å². The van der Waals surface area contributed by atoms with Gasteiger partial charge in [0, 0.05) is 18.3 Å². The summed E-state index contributed by atoms with van der Waals surface area (Å²) in [6.45, 7) is 12.0. The highest BCUT2D eigenvalue weighted by molar-refractivity contribution is 5.46. The molecule has 0 bridgehead atoms. The molecule has 1 aliphatic heterocycles. The van der Waals surface area contributed by atoms with Crippen LogP contribution in [0.4, 0.5) is 5.69 Å². The molecule has 0 amide bonds. The van der Waals surface area contributed by atoms with Crippen LogP contribution in [0.2, 0.25) is 0 Å². The lowest BCUT2D eigenvalue weighted by molar-refractivity contribution is -0.0708. The second-order valence-electron chi connectivity index (χ2n) is 7.31. The molecule has 1 aliphatic rings. The fourth-order valence-electron chi connectivity index (χ4n) is 2.80. The molecule has 0 spiro atoms. The average Bonchev–Trinajstić information content (AvgIpc) is 2.38. The molecule has 1 heterocycles. The average molecular weight is 275 g/mol. The van der Waals surface area contributed by atoms with Gasteiger partial charge < -0.3 is 10.1 Å². The Morgan fingerprint density at radius 3 is 2.45 bits per heavy atom. The van der Waals surface area contributed by atoms with E-state index >= 15 is 0 Å². The van der Waals surface area contributed by atoms with Gasteiger partial charge in [-0.2, -0.15) is 0 Å². The van der Waals surface area contributed by atoms with E-state index in [0.29, 0.717) is 6.04 Å². The minimum Gasteiger partial charge on any atom is -0.382 e. The number of anilines is 1. The zero-order valence-corrected chi connectivity index (χ0v) is 13.6. The molecule has 1 fully saturated rings. The van der Waals surface area contributed by atoms with E-state index in [2.05, 4.69) is 64.2 Å². The summed E-state index contributed by atoms with van der Waals surface area (Å²) in [5.74, 6) is 0. The standard InChI is InChI=1S/C18H29NO/c1-6-18(5)13-16(11-12-20-18)19-15-9-7-14(8-10-15)17(2,3)4/h7-10,16,19H,6,11-13H2,1-5H3. The van der Waals surface area contributed by atoms with Crippen LogP contribution >= 0.6 is 0 Å². The third-order valence-electron chi connectivity index (χ3n) is 4.46. The molecular weight excluding hydrogens is 246 g/mol. The molecule has 1 aromatic carbocycles. The molecule has 1 aromatic rings. The van der Waals surface area contributed by atoms with E-state index < -0.39 is 0 Å². The first-order chi connectivity index (χ1) is 9.32. The summed E-state index contributed by atoms with van der Waals surface area (Å²) in [5.41, 5.74) is 2.87. The largest absolute Gasteiger partial charge is 0.382 e. The molecule has 2 rings (SSSR count). The minimum atomic E-state index is 0.0429. The SMILES string of the molecule is CCC1(C)CC(Nc2ccc(C(C)(C)C)cc2)CCO1. The number of benzene rings is 1. The topological polar surface area (TPSA) is 21.3 Å². The molecule has 0 saturated carbocycles. The van der Waals surface area contributed by atoms with Gasteiger partial charge in [0.15, 0.2) is 0 Å². The number of hydrogen-bond acceptors (Lipinski definition) is 2. The van der Waals surface area contributed by atoms with Gasteiger partial charge in [-0.3, -0.25) is 0 Å². The fraction of sp³-hybridized carbons (Fsp3) is 0.667. The number of ether oxygens (including phenoxy) is 1. The second-order valence-corrected chi connectivity index (χ2v) is 7.31. The van der Waals surface area contributed by atoms with E-state index in [9.17, 15) is 0 Å². The van der Waals surface area contributed by atoms with Gasteiger partial charge in [-0.25, -0.2) is 0 Å². The first-order valence-electron chi connectivity index (χ1n) is 7.83. The van der Waals surface area contributed by atoms with E-state index in [1.165, 1.54) is 11.3 Å². The van der Waals surface area contributed by atoms with Crippen LogP contribution in [0.3, 0.4) is 0 Å². The smallest absolute Gasteiger partial charge is 0.0671 e. The van der Waals surface area contributed by atoms with Crippen molar-refractivity contribution in [2.75, 3.05) is 11.9 Å². The Labute approximate surface area is 123 Å². The summed E-state index contributed by atoms with van der Waals surface area (Å²) in [6, 6.07) is 9.41. The van der Waals surface area contributed by atoms with Crippen LogP contribution in [0.1, 0.15) is 59.4 Å². The maximum Gasteiger partial charge on any atom is 0.0671 e. The molecule has 2 unspecified atom stereocenters. The molecule has 112 valence electrons. The Balaban J connectivity index is 2.00. The summed E-state index contributed by atoms with van der Waals surface area (Å²) < 4.78 is 5.91. The molecule has 0 aliphatic carbocycles. The predicted molar refractivity (Wildman–Crippen MR) is 86.4 cm³/mol. The van der Waals surface area contributed by atoms with Crippen molar-refractivity contribution in [3.63, 3.8) is 0 Å². The molecule has 1 N–H and O–H groups in total. The first-order valence-corrected chi connectivity index (χ1v) is 7.83. The maximum atomic E-state index is 5.91. The lowest BCUT2D eigenvalue weighted by atomic mass is 9.87. The van der Waals surface area contributed by atoms with Crippen LogP contribution in [0.5, 0.6) is 0 Å². The summed E-state index contributed by atoms with van der Waals surface area (Å²) in [5, 5.41) is 3.67. The molecule has 0 aromatic heterocycles. The summed E-state index contributed by atoms with van der Waals surface area (Å²) in [7, 11) is 0. The van der Waals surface area contributed by atoms with Crippen molar-refractivity contribution in [2.24, 2.45) is 0 Å². The van der Waals surface area contributed by atoms with E-state index in [4.69, 9.17) is 4.74 Å². The summed E-state index contributed by atoms with van der Waals surface area (Å²) in [6.07, 6.45) is 3.26. The van der Waals surface area contributed by atoms with Crippen LogP contribution in [0, 0.1) is 0 Å². The molecule has 20 heavy (non-hydrogen) atoms. The first kappa shape index (κ1) is 15.4. The Bertz CT molecular complexity index is 432. The zero-order chi connectivity index (χ0) is 14.8. The van der Waals surface area contributed by atoms with Crippen LogP contribution in [0.15, 0.2) is 24.3 Å². The molecular formula is C18H29NO. The predicted octanol–water partition coefficient (Wildman–Crippen LogP) is 4.74. The maximum absolute atomic E-state index is 5.91. The van der Waals surface area contributed by atoms with E-state index in [1.807, 2.05) is 0 Å². The Hall–Kier alpha value is -1.02. The highest BCUT2D eigenvalue weighted by Gasteiger charge is 2.31. The van der Waals surface area contributed by atoms with E-state index in [1.54, 1.807) is 0 Å². The lowest BCUT2D eigenvalue weighted by Gasteiger charge is -2.38. The van der Waals surface area contributed by atoms with Crippen LogP contribution in [0.25, 0.3) is 0 Å². The van der Waals surface area contributed by atoms with Crippen molar-refractivity contribution >= 4 is 5.69 Å². The van der Waals surface area contributed by atoms with Gasteiger partial charge in [-0.15, -0.1) is 0 Å². The third-order valence-corrected chi connectivity index (χ3v) is 4.46. The van der Waals surface area contributed by atoms with Crippen molar-refractivity contribution in [1.29, 1.82) is 0 Å². The molecule has 2 heteroatoms. The third kappa shape index (κ3) is 3.76.